The van der Waals surface area contributed by atoms with E-state index in [9.17, 15) is 5.11 Å². The number of piperidine rings is 1. The molecular weight excluding hydrogens is 248 g/mol. The monoisotopic (exact) mass is 276 g/mol. The van der Waals surface area contributed by atoms with Crippen molar-refractivity contribution in [2.75, 3.05) is 32.8 Å². The number of hydrogen-bond donors (Lipinski definition) is 1. The van der Waals surface area contributed by atoms with Crippen molar-refractivity contribution in [1.29, 1.82) is 0 Å². The molecule has 1 aliphatic rings. The van der Waals surface area contributed by atoms with Crippen molar-refractivity contribution in [2.24, 2.45) is 0 Å². The quantitative estimate of drug-likeness (QED) is 0.865. The van der Waals surface area contributed by atoms with Crippen molar-refractivity contribution < 1.29 is 5.11 Å². The zero-order chi connectivity index (χ0) is 14.4. The lowest BCUT2D eigenvalue weighted by molar-refractivity contribution is 0.0628. The molecule has 0 aliphatic carbocycles. The van der Waals surface area contributed by atoms with Gasteiger partial charge in [0.15, 0.2) is 0 Å². The van der Waals surface area contributed by atoms with Crippen LogP contribution in [0.25, 0.3) is 0 Å². The van der Waals surface area contributed by atoms with E-state index in [1.54, 1.807) is 0 Å². The number of benzene rings is 1. The van der Waals surface area contributed by atoms with Gasteiger partial charge in [-0.1, -0.05) is 44.2 Å². The normalized spacial score (nSPS) is 19.4. The number of nitrogens with zero attached hydrogens (tertiary/aromatic N) is 2. The summed E-state index contributed by atoms with van der Waals surface area (Å²) in [7, 11) is 0. The van der Waals surface area contributed by atoms with Gasteiger partial charge >= 0.3 is 0 Å². The average Bonchev–Trinajstić information content (AvgIpc) is 2.52. The van der Waals surface area contributed by atoms with Gasteiger partial charge in [-0.2, -0.15) is 0 Å². The first-order valence-corrected chi connectivity index (χ1v) is 7.94. The van der Waals surface area contributed by atoms with Gasteiger partial charge in [-0.3, -0.25) is 4.90 Å². The lowest BCUT2D eigenvalue weighted by Crippen LogP contribution is -2.46. The first kappa shape index (κ1) is 15.5. The van der Waals surface area contributed by atoms with Gasteiger partial charge in [0.2, 0.25) is 0 Å². The molecule has 3 nitrogen and oxygen atoms in total. The topological polar surface area (TPSA) is 26.7 Å². The first-order valence-electron chi connectivity index (χ1n) is 7.94. The third-order valence-electron chi connectivity index (χ3n) is 4.63. The molecule has 0 bridgehead atoms. The maximum atomic E-state index is 9.75. The predicted molar refractivity (Wildman–Crippen MR) is 83.8 cm³/mol. The number of likely N-dealkylation sites (tertiary alicyclic amines) is 1. The molecule has 1 aliphatic heterocycles. The summed E-state index contributed by atoms with van der Waals surface area (Å²) in [6, 6.07) is 11.3. The number of hydrogen-bond acceptors (Lipinski definition) is 3. The minimum Gasteiger partial charge on any atom is -0.394 e. The Kier molecular flexibility index (Phi) is 6.02. The predicted octanol–water partition coefficient (Wildman–Crippen LogP) is 2.53. The molecule has 112 valence electrons. The van der Waals surface area contributed by atoms with Crippen LogP contribution in [0.15, 0.2) is 30.3 Å². The fraction of sp³-hybridized carbons (Fsp3) is 0.647. The summed E-state index contributed by atoms with van der Waals surface area (Å²) in [5.74, 6) is 0. The third-order valence-corrected chi connectivity index (χ3v) is 4.63. The van der Waals surface area contributed by atoms with Crippen molar-refractivity contribution in [3.05, 3.63) is 35.9 Å². The van der Waals surface area contributed by atoms with Gasteiger partial charge in [-0.15, -0.1) is 0 Å². The highest BCUT2D eigenvalue weighted by Gasteiger charge is 2.27. The van der Waals surface area contributed by atoms with E-state index in [1.807, 2.05) is 6.07 Å². The number of rotatable bonds is 6. The minimum atomic E-state index is 0.161. The fourth-order valence-corrected chi connectivity index (χ4v) is 3.41. The highest BCUT2D eigenvalue weighted by molar-refractivity contribution is 5.19. The van der Waals surface area contributed by atoms with Crippen LogP contribution in [0.4, 0.5) is 0 Å². The van der Waals surface area contributed by atoms with Crippen molar-refractivity contribution in [2.45, 2.75) is 38.8 Å². The Morgan fingerprint density at radius 1 is 1.15 bits per heavy atom. The summed E-state index contributed by atoms with van der Waals surface area (Å²) in [5.41, 5.74) is 1.23. The van der Waals surface area contributed by atoms with Crippen molar-refractivity contribution >= 4 is 0 Å². The van der Waals surface area contributed by atoms with E-state index in [0.29, 0.717) is 0 Å². The molecule has 1 saturated heterocycles. The van der Waals surface area contributed by atoms with E-state index in [4.69, 9.17) is 0 Å². The Morgan fingerprint density at radius 2 is 1.75 bits per heavy atom. The third kappa shape index (κ3) is 3.60. The van der Waals surface area contributed by atoms with Crippen LogP contribution in [0, 0.1) is 0 Å². The summed E-state index contributed by atoms with van der Waals surface area (Å²) in [4.78, 5) is 5.00. The molecule has 0 saturated carbocycles. The Morgan fingerprint density at radius 3 is 2.25 bits per heavy atom. The van der Waals surface area contributed by atoms with Gasteiger partial charge in [0, 0.05) is 19.1 Å². The van der Waals surface area contributed by atoms with Crippen molar-refractivity contribution in [1.82, 2.24) is 9.80 Å². The van der Waals surface area contributed by atoms with Crippen LogP contribution in [0.5, 0.6) is 0 Å². The lowest BCUT2D eigenvalue weighted by Gasteiger charge is -2.40. The van der Waals surface area contributed by atoms with E-state index in [1.165, 1.54) is 18.4 Å². The zero-order valence-corrected chi connectivity index (χ0v) is 12.8. The van der Waals surface area contributed by atoms with Gasteiger partial charge in [0.1, 0.15) is 0 Å². The van der Waals surface area contributed by atoms with E-state index in [-0.39, 0.29) is 12.6 Å². The molecule has 0 amide bonds. The van der Waals surface area contributed by atoms with Crippen LogP contribution in [-0.2, 0) is 0 Å². The molecule has 0 aromatic heterocycles. The van der Waals surface area contributed by atoms with Crippen LogP contribution in [0.1, 0.15) is 38.3 Å². The molecule has 0 radical (unpaired) electrons. The minimum absolute atomic E-state index is 0.161. The SMILES string of the molecule is CCN(CC)C1CCN(C(CO)c2ccccc2)CC1. The summed E-state index contributed by atoms with van der Waals surface area (Å²) in [6.07, 6.45) is 2.43. The number of aliphatic hydroxyl groups excluding tert-OH is 1. The van der Waals surface area contributed by atoms with Gasteiger partial charge in [0.25, 0.3) is 0 Å². The van der Waals surface area contributed by atoms with Crippen LogP contribution in [0.3, 0.4) is 0 Å². The molecule has 2 rings (SSSR count). The molecule has 1 aromatic carbocycles. The molecule has 1 N–H and O–H groups in total. The maximum Gasteiger partial charge on any atom is 0.0628 e. The Balaban J connectivity index is 1.95. The van der Waals surface area contributed by atoms with Crippen molar-refractivity contribution in [3.63, 3.8) is 0 Å². The van der Waals surface area contributed by atoms with Gasteiger partial charge in [0.05, 0.1) is 12.6 Å². The van der Waals surface area contributed by atoms with Crippen LogP contribution in [0.2, 0.25) is 0 Å². The standard InChI is InChI=1S/C17H28N2O/c1-3-18(4-2)16-10-12-19(13-11-16)17(14-20)15-8-6-5-7-9-15/h5-9,16-17,20H,3-4,10-14H2,1-2H3. The second-order valence-corrected chi connectivity index (χ2v) is 5.60. The summed E-state index contributed by atoms with van der Waals surface area (Å²) < 4.78 is 0. The summed E-state index contributed by atoms with van der Waals surface area (Å²) in [5, 5.41) is 9.75. The second kappa shape index (κ2) is 7.77. The molecule has 20 heavy (non-hydrogen) atoms. The summed E-state index contributed by atoms with van der Waals surface area (Å²) >= 11 is 0. The second-order valence-electron chi connectivity index (χ2n) is 5.60. The number of aliphatic hydroxyl groups is 1. The summed E-state index contributed by atoms with van der Waals surface area (Å²) in [6.45, 7) is 9.15. The Hall–Kier alpha value is -0.900. The molecule has 1 unspecified atom stereocenters. The van der Waals surface area contributed by atoms with Crippen LogP contribution >= 0.6 is 0 Å². The van der Waals surface area contributed by atoms with Crippen molar-refractivity contribution in [3.8, 4) is 0 Å². The largest absolute Gasteiger partial charge is 0.394 e. The maximum absolute atomic E-state index is 9.75. The molecule has 1 atom stereocenters. The molecule has 1 fully saturated rings. The van der Waals surface area contributed by atoms with E-state index in [2.05, 4.69) is 47.9 Å². The molecule has 1 heterocycles. The van der Waals surface area contributed by atoms with E-state index >= 15 is 0 Å². The first-order chi connectivity index (χ1) is 9.80. The van der Waals surface area contributed by atoms with Gasteiger partial charge in [-0.05, 0) is 31.5 Å². The fourth-order valence-electron chi connectivity index (χ4n) is 3.41. The smallest absolute Gasteiger partial charge is 0.0628 e. The highest BCUT2D eigenvalue weighted by atomic mass is 16.3. The highest BCUT2D eigenvalue weighted by Crippen LogP contribution is 2.25. The van der Waals surface area contributed by atoms with Crippen LogP contribution < -0.4 is 0 Å². The Bertz CT molecular complexity index is 370. The van der Waals surface area contributed by atoms with Crippen LogP contribution in [-0.4, -0.2) is 53.7 Å². The van der Waals surface area contributed by atoms with E-state index < -0.39 is 0 Å². The molecule has 3 heteroatoms. The van der Waals surface area contributed by atoms with E-state index in [0.717, 1.165) is 32.2 Å². The molecule has 1 aromatic rings. The Labute approximate surface area is 123 Å². The average molecular weight is 276 g/mol. The molecule has 0 spiro atoms. The zero-order valence-electron chi connectivity index (χ0n) is 12.8. The van der Waals surface area contributed by atoms with Gasteiger partial charge in [-0.25, -0.2) is 0 Å². The van der Waals surface area contributed by atoms with Gasteiger partial charge < -0.3 is 10.0 Å². The lowest BCUT2D eigenvalue weighted by atomic mass is 9.98. The molecular formula is C17H28N2O.